The first-order chi connectivity index (χ1) is 28.6. The van der Waals surface area contributed by atoms with E-state index in [2.05, 4.69) is 41.5 Å². The number of ether oxygens (including phenoxy) is 3. The first kappa shape index (κ1) is 57.4. The molecule has 0 heterocycles. The highest BCUT2D eigenvalue weighted by Gasteiger charge is 2.19. The van der Waals surface area contributed by atoms with Gasteiger partial charge in [-0.2, -0.15) is 0 Å². The van der Waals surface area contributed by atoms with Crippen LogP contribution in [0, 0.1) is 17.8 Å². The standard InChI is InChI=1S/C53H102O6/c1-47(2)39-33-27-21-17-13-11-9-7-8-10-12-14-19-23-30-36-42-51(54)57-45-50(59-53(56)44-38-32-26-25-29-35-41-49(5)6)46-58-52(55)43-37-31-24-20-16-15-18-22-28-34-40-48(3)4/h47-50H,7-46H2,1-6H3/t50-/m1/s1. The first-order valence-electron chi connectivity index (χ1n) is 26.1. The Bertz CT molecular complexity index is 914. The highest BCUT2D eigenvalue weighted by Crippen LogP contribution is 2.18. The van der Waals surface area contributed by atoms with Crippen molar-refractivity contribution in [2.75, 3.05) is 13.2 Å². The van der Waals surface area contributed by atoms with Crippen molar-refractivity contribution in [1.29, 1.82) is 0 Å². The molecule has 0 saturated heterocycles. The van der Waals surface area contributed by atoms with E-state index in [0.29, 0.717) is 19.3 Å². The van der Waals surface area contributed by atoms with Crippen LogP contribution in [0.15, 0.2) is 0 Å². The highest BCUT2D eigenvalue weighted by atomic mass is 16.6. The van der Waals surface area contributed by atoms with E-state index < -0.39 is 6.10 Å². The molecule has 0 unspecified atom stereocenters. The average molecular weight is 835 g/mol. The first-order valence-corrected chi connectivity index (χ1v) is 26.1. The zero-order valence-corrected chi connectivity index (χ0v) is 40.5. The second-order valence-electron chi connectivity index (χ2n) is 19.6. The fourth-order valence-corrected chi connectivity index (χ4v) is 7.94. The van der Waals surface area contributed by atoms with Crippen LogP contribution >= 0.6 is 0 Å². The van der Waals surface area contributed by atoms with Crippen molar-refractivity contribution in [3.05, 3.63) is 0 Å². The quantitative estimate of drug-likeness (QED) is 0.0345. The molecule has 0 rings (SSSR count). The lowest BCUT2D eigenvalue weighted by Crippen LogP contribution is -2.30. The van der Waals surface area contributed by atoms with Crippen LogP contribution in [0.3, 0.4) is 0 Å². The van der Waals surface area contributed by atoms with Gasteiger partial charge in [0.05, 0.1) is 0 Å². The Balaban J connectivity index is 4.21. The summed E-state index contributed by atoms with van der Waals surface area (Å²) < 4.78 is 16.8. The molecule has 0 fully saturated rings. The van der Waals surface area contributed by atoms with Crippen LogP contribution in [-0.2, 0) is 28.6 Å². The van der Waals surface area contributed by atoms with Crippen LogP contribution in [0.2, 0.25) is 0 Å². The van der Waals surface area contributed by atoms with Crippen LogP contribution in [0.1, 0.15) is 286 Å². The summed E-state index contributed by atoms with van der Waals surface area (Å²) in [5.74, 6) is 1.57. The second kappa shape index (κ2) is 44.5. The lowest BCUT2D eigenvalue weighted by Gasteiger charge is -2.18. The van der Waals surface area contributed by atoms with Gasteiger partial charge in [-0.25, -0.2) is 0 Å². The Morgan fingerprint density at radius 2 is 0.492 bits per heavy atom. The van der Waals surface area contributed by atoms with Crippen LogP contribution in [0.25, 0.3) is 0 Å². The van der Waals surface area contributed by atoms with Gasteiger partial charge in [0.1, 0.15) is 13.2 Å². The van der Waals surface area contributed by atoms with Gasteiger partial charge in [-0.05, 0) is 37.0 Å². The highest BCUT2D eigenvalue weighted by molar-refractivity contribution is 5.71. The van der Waals surface area contributed by atoms with Crippen LogP contribution in [-0.4, -0.2) is 37.2 Å². The molecule has 0 amide bonds. The van der Waals surface area contributed by atoms with Gasteiger partial charge in [0.2, 0.25) is 0 Å². The van der Waals surface area contributed by atoms with Crippen molar-refractivity contribution in [3.8, 4) is 0 Å². The van der Waals surface area contributed by atoms with Crippen molar-refractivity contribution in [1.82, 2.24) is 0 Å². The summed E-state index contributed by atoms with van der Waals surface area (Å²) in [5.41, 5.74) is 0. The molecule has 0 aromatic rings. The minimum Gasteiger partial charge on any atom is -0.462 e. The molecule has 0 radical (unpaired) electrons. The summed E-state index contributed by atoms with van der Waals surface area (Å²) in [7, 11) is 0. The Morgan fingerprint density at radius 1 is 0.288 bits per heavy atom. The SMILES string of the molecule is CC(C)CCCCCCCCCCCCCCCCCCC(=O)OC[C@H](COC(=O)CCCCCCCCCCCCC(C)C)OC(=O)CCCCCCCCC(C)C. The maximum absolute atomic E-state index is 12.7. The van der Waals surface area contributed by atoms with Gasteiger partial charge in [-0.3, -0.25) is 14.4 Å². The Morgan fingerprint density at radius 3 is 0.729 bits per heavy atom. The molecule has 6 nitrogen and oxygen atoms in total. The fraction of sp³-hybridized carbons (Fsp3) is 0.943. The lowest BCUT2D eigenvalue weighted by atomic mass is 10.0. The Labute approximate surface area is 368 Å². The monoisotopic (exact) mass is 835 g/mol. The van der Waals surface area contributed by atoms with Gasteiger partial charge in [0, 0.05) is 19.3 Å². The van der Waals surface area contributed by atoms with Crippen LogP contribution in [0.4, 0.5) is 0 Å². The van der Waals surface area contributed by atoms with Gasteiger partial charge < -0.3 is 14.2 Å². The summed E-state index contributed by atoms with van der Waals surface area (Å²) in [6, 6.07) is 0. The fourth-order valence-electron chi connectivity index (χ4n) is 7.94. The minimum absolute atomic E-state index is 0.0656. The number of esters is 3. The van der Waals surface area contributed by atoms with E-state index in [1.165, 1.54) is 167 Å². The normalized spacial score (nSPS) is 12.2. The topological polar surface area (TPSA) is 78.9 Å². The molecule has 0 bridgehead atoms. The maximum Gasteiger partial charge on any atom is 0.306 e. The predicted octanol–water partition coefficient (Wildman–Crippen LogP) is 16.8. The van der Waals surface area contributed by atoms with Gasteiger partial charge in [-0.15, -0.1) is 0 Å². The second-order valence-corrected chi connectivity index (χ2v) is 19.6. The number of carbonyl (C=O) groups excluding carboxylic acids is 3. The molecule has 0 spiro atoms. The maximum atomic E-state index is 12.7. The molecule has 0 aromatic carbocycles. The minimum atomic E-state index is -0.763. The van der Waals surface area contributed by atoms with E-state index in [0.717, 1.165) is 75.5 Å². The third kappa shape index (κ3) is 47.3. The van der Waals surface area contributed by atoms with E-state index in [4.69, 9.17) is 14.2 Å². The number of hydrogen-bond donors (Lipinski definition) is 0. The Kier molecular flexibility index (Phi) is 43.3. The van der Waals surface area contributed by atoms with Gasteiger partial charge in [0.15, 0.2) is 6.10 Å². The van der Waals surface area contributed by atoms with Crippen molar-refractivity contribution in [2.24, 2.45) is 17.8 Å². The molecule has 0 aromatic heterocycles. The van der Waals surface area contributed by atoms with Crippen molar-refractivity contribution >= 4 is 17.9 Å². The van der Waals surface area contributed by atoms with E-state index in [1.54, 1.807) is 0 Å². The van der Waals surface area contributed by atoms with E-state index >= 15 is 0 Å². The number of carbonyl (C=O) groups is 3. The predicted molar refractivity (Wildman–Crippen MR) is 252 cm³/mol. The molecular weight excluding hydrogens is 733 g/mol. The van der Waals surface area contributed by atoms with E-state index in [9.17, 15) is 14.4 Å². The van der Waals surface area contributed by atoms with Gasteiger partial charge in [0.25, 0.3) is 0 Å². The molecule has 0 aliphatic carbocycles. The van der Waals surface area contributed by atoms with Crippen LogP contribution < -0.4 is 0 Å². The Hall–Kier alpha value is -1.59. The third-order valence-electron chi connectivity index (χ3n) is 11.9. The zero-order chi connectivity index (χ0) is 43.4. The number of rotatable bonds is 46. The summed E-state index contributed by atoms with van der Waals surface area (Å²) in [6.45, 7) is 13.7. The summed E-state index contributed by atoms with van der Waals surface area (Å²) in [5, 5.41) is 0. The van der Waals surface area contributed by atoms with E-state index in [1.807, 2.05) is 0 Å². The third-order valence-corrected chi connectivity index (χ3v) is 11.9. The number of hydrogen-bond acceptors (Lipinski definition) is 6. The molecule has 0 saturated carbocycles. The molecule has 1 atom stereocenters. The molecule has 350 valence electrons. The van der Waals surface area contributed by atoms with Gasteiger partial charge >= 0.3 is 17.9 Å². The summed E-state index contributed by atoms with van der Waals surface area (Å²) >= 11 is 0. The molecule has 6 heteroatoms. The smallest absolute Gasteiger partial charge is 0.306 e. The molecule has 59 heavy (non-hydrogen) atoms. The molecular formula is C53H102O6. The number of unbranched alkanes of at least 4 members (excludes halogenated alkanes) is 29. The van der Waals surface area contributed by atoms with Crippen molar-refractivity contribution in [3.63, 3.8) is 0 Å². The lowest BCUT2D eigenvalue weighted by molar-refractivity contribution is -0.167. The van der Waals surface area contributed by atoms with Crippen molar-refractivity contribution < 1.29 is 28.6 Å². The largest absolute Gasteiger partial charge is 0.462 e. The summed E-state index contributed by atoms with van der Waals surface area (Å²) in [6.07, 6.45) is 44.0. The summed E-state index contributed by atoms with van der Waals surface area (Å²) in [4.78, 5) is 37.9. The van der Waals surface area contributed by atoms with Gasteiger partial charge in [-0.1, -0.05) is 247 Å². The van der Waals surface area contributed by atoms with E-state index in [-0.39, 0.29) is 31.1 Å². The molecule has 0 N–H and O–H groups in total. The molecule has 0 aliphatic heterocycles. The average Bonchev–Trinajstić information content (AvgIpc) is 3.19. The van der Waals surface area contributed by atoms with Crippen molar-refractivity contribution in [2.45, 2.75) is 292 Å². The zero-order valence-electron chi connectivity index (χ0n) is 40.5. The molecule has 0 aliphatic rings. The van der Waals surface area contributed by atoms with Crippen LogP contribution in [0.5, 0.6) is 0 Å².